The number of thioether (sulfide) groups is 1. The fourth-order valence-electron chi connectivity index (χ4n) is 3.06. The molecular weight excluding hydrogens is 426 g/mol. The molecule has 0 bridgehead atoms. The summed E-state index contributed by atoms with van der Waals surface area (Å²) >= 11 is 2.89. The Bertz CT molecular complexity index is 1220. The van der Waals surface area contributed by atoms with Gasteiger partial charge in [-0.1, -0.05) is 47.7 Å². The normalized spacial score (nSPS) is 11.8. The Balaban J connectivity index is 1.40. The van der Waals surface area contributed by atoms with Gasteiger partial charge in [-0.3, -0.25) is 9.59 Å². The van der Waals surface area contributed by atoms with Crippen molar-refractivity contribution >= 4 is 55.9 Å². The molecule has 1 unspecified atom stereocenters. The number of carbonyl (C=O) groups excluding carboxylic acids is 2. The third-order valence-electron chi connectivity index (χ3n) is 4.69. The van der Waals surface area contributed by atoms with E-state index in [1.54, 1.807) is 6.07 Å². The second-order valence-corrected chi connectivity index (χ2v) is 9.48. The zero-order chi connectivity index (χ0) is 21.8. The van der Waals surface area contributed by atoms with Crippen LogP contribution in [0, 0.1) is 6.92 Å². The van der Waals surface area contributed by atoms with Crippen molar-refractivity contribution in [3.8, 4) is 0 Å². The molecule has 0 radical (unpaired) electrons. The predicted octanol–water partition coefficient (Wildman–Crippen LogP) is 5.98. The van der Waals surface area contributed by atoms with Crippen molar-refractivity contribution in [3.63, 3.8) is 0 Å². The maximum absolute atomic E-state index is 12.6. The summed E-state index contributed by atoms with van der Waals surface area (Å²) < 4.78 is 1.04. The van der Waals surface area contributed by atoms with Gasteiger partial charge in [-0.05, 0) is 55.8 Å². The van der Waals surface area contributed by atoms with E-state index in [9.17, 15) is 9.59 Å². The Morgan fingerprint density at radius 1 is 0.968 bits per heavy atom. The molecule has 1 aromatic heterocycles. The maximum atomic E-state index is 12.6. The SMILES string of the molecule is Cc1ccccc1C(=O)Nc1cccc(SC(C)C(=O)Nc2nc3ccccc3s2)c1. The molecule has 0 fully saturated rings. The van der Waals surface area contributed by atoms with Crippen molar-refractivity contribution in [2.45, 2.75) is 24.0 Å². The number of hydrogen-bond donors (Lipinski definition) is 2. The van der Waals surface area contributed by atoms with Crippen LogP contribution in [-0.4, -0.2) is 22.0 Å². The van der Waals surface area contributed by atoms with Gasteiger partial charge in [0.25, 0.3) is 5.91 Å². The van der Waals surface area contributed by atoms with Crippen LogP contribution in [0.5, 0.6) is 0 Å². The van der Waals surface area contributed by atoms with Crippen LogP contribution in [0.3, 0.4) is 0 Å². The van der Waals surface area contributed by atoms with Gasteiger partial charge < -0.3 is 10.6 Å². The molecule has 0 aliphatic heterocycles. The van der Waals surface area contributed by atoms with E-state index in [4.69, 9.17) is 0 Å². The summed E-state index contributed by atoms with van der Waals surface area (Å²) in [6.07, 6.45) is 0. The highest BCUT2D eigenvalue weighted by molar-refractivity contribution is 8.00. The van der Waals surface area contributed by atoms with E-state index in [1.165, 1.54) is 23.1 Å². The summed E-state index contributed by atoms with van der Waals surface area (Å²) in [6, 6.07) is 22.8. The van der Waals surface area contributed by atoms with Crippen molar-refractivity contribution in [2.24, 2.45) is 0 Å². The molecule has 3 aromatic carbocycles. The third kappa shape index (κ3) is 5.13. The minimum absolute atomic E-state index is 0.113. The van der Waals surface area contributed by atoms with E-state index >= 15 is 0 Å². The molecule has 0 saturated heterocycles. The zero-order valence-corrected chi connectivity index (χ0v) is 18.7. The first-order valence-electron chi connectivity index (χ1n) is 9.80. The van der Waals surface area contributed by atoms with E-state index < -0.39 is 0 Å². The molecular formula is C24H21N3O2S2. The van der Waals surface area contributed by atoms with Crippen LogP contribution >= 0.6 is 23.1 Å². The highest BCUT2D eigenvalue weighted by Gasteiger charge is 2.17. The molecule has 5 nitrogen and oxygen atoms in total. The van der Waals surface area contributed by atoms with Crippen LogP contribution in [0.25, 0.3) is 10.2 Å². The van der Waals surface area contributed by atoms with Crippen molar-refractivity contribution in [1.82, 2.24) is 4.98 Å². The van der Waals surface area contributed by atoms with Gasteiger partial charge in [0.1, 0.15) is 0 Å². The van der Waals surface area contributed by atoms with E-state index in [2.05, 4.69) is 15.6 Å². The summed E-state index contributed by atoms with van der Waals surface area (Å²) in [5, 5.41) is 6.11. The lowest BCUT2D eigenvalue weighted by Gasteiger charge is -2.12. The lowest BCUT2D eigenvalue weighted by Crippen LogP contribution is -2.22. The number of aromatic nitrogens is 1. The fraction of sp³-hybridized carbons (Fsp3) is 0.125. The lowest BCUT2D eigenvalue weighted by molar-refractivity contribution is -0.115. The van der Waals surface area contributed by atoms with Crippen molar-refractivity contribution < 1.29 is 9.59 Å². The molecule has 31 heavy (non-hydrogen) atoms. The largest absolute Gasteiger partial charge is 0.322 e. The average molecular weight is 448 g/mol. The predicted molar refractivity (Wildman–Crippen MR) is 129 cm³/mol. The van der Waals surface area contributed by atoms with Crippen molar-refractivity contribution in [1.29, 1.82) is 0 Å². The number of nitrogens with one attached hydrogen (secondary N) is 2. The summed E-state index contributed by atoms with van der Waals surface area (Å²) in [7, 11) is 0. The number of nitrogens with zero attached hydrogens (tertiary/aromatic N) is 1. The van der Waals surface area contributed by atoms with Gasteiger partial charge in [0.15, 0.2) is 5.13 Å². The standard InChI is InChI=1S/C24H21N3O2S2/c1-15-8-3-4-11-19(15)23(29)25-17-9-7-10-18(14-17)30-16(2)22(28)27-24-26-20-12-5-6-13-21(20)31-24/h3-14,16H,1-2H3,(H,25,29)(H,26,27,28). The van der Waals surface area contributed by atoms with Crippen LogP contribution in [0.15, 0.2) is 77.7 Å². The highest BCUT2D eigenvalue weighted by Crippen LogP contribution is 2.29. The minimum Gasteiger partial charge on any atom is -0.322 e. The summed E-state index contributed by atoms with van der Waals surface area (Å²) in [6.45, 7) is 3.76. The van der Waals surface area contributed by atoms with Crippen molar-refractivity contribution in [3.05, 3.63) is 83.9 Å². The summed E-state index contributed by atoms with van der Waals surface area (Å²) in [5.41, 5.74) is 3.13. The number of hydrogen-bond acceptors (Lipinski definition) is 5. The first-order chi connectivity index (χ1) is 15.0. The van der Waals surface area contributed by atoms with E-state index in [-0.39, 0.29) is 17.1 Å². The van der Waals surface area contributed by atoms with Crippen LogP contribution in [0.1, 0.15) is 22.8 Å². The molecule has 1 atom stereocenters. The highest BCUT2D eigenvalue weighted by atomic mass is 32.2. The van der Waals surface area contributed by atoms with Crippen LogP contribution < -0.4 is 10.6 Å². The molecule has 0 spiro atoms. The molecule has 0 saturated carbocycles. The molecule has 0 aliphatic carbocycles. The lowest BCUT2D eigenvalue weighted by atomic mass is 10.1. The molecule has 156 valence electrons. The van der Waals surface area contributed by atoms with E-state index in [1.807, 2.05) is 80.6 Å². The van der Waals surface area contributed by atoms with Crippen LogP contribution in [0.2, 0.25) is 0 Å². The second kappa shape index (κ2) is 9.32. The van der Waals surface area contributed by atoms with E-state index in [0.29, 0.717) is 16.4 Å². The molecule has 0 aliphatic rings. The monoisotopic (exact) mass is 447 g/mol. The molecule has 7 heteroatoms. The van der Waals surface area contributed by atoms with Crippen molar-refractivity contribution in [2.75, 3.05) is 10.6 Å². The number of rotatable bonds is 6. The average Bonchev–Trinajstić information content (AvgIpc) is 3.16. The molecule has 2 N–H and O–H groups in total. The Morgan fingerprint density at radius 2 is 1.74 bits per heavy atom. The van der Waals surface area contributed by atoms with Crippen LogP contribution in [0.4, 0.5) is 10.8 Å². The van der Waals surface area contributed by atoms with Gasteiger partial charge in [-0.25, -0.2) is 4.98 Å². The van der Waals surface area contributed by atoms with Gasteiger partial charge in [0, 0.05) is 16.1 Å². The van der Waals surface area contributed by atoms with Gasteiger partial charge in [0.2, 0.25) is 5.91 Å². The smallest absolute Gasteiger partial charge is 0.255 e. The Labute approximate surface area is 188 Å². The van der Waals surface area contributed by atoms with Gasteiger partial charge >= 0.3 is 0 Å². The number of anilines is 2. The van der Waals surface area contributed by atoms with Gasteiger partial charge in [-0.15, -0.1) is 11.8 Å². The third-order valence-corrected chi connectivity index (χ3v) is 6.73. The maximum Gasteiger partial charge on any atom is 0.255 e. The molecule has 4 rings (SSSR count). The minimum atomic E-state index is -0.325. The Hall–Kier alpha value is -3.16. The summed E-state index contributed by atoms with van der Waals surface area (Å²) in [4.78, 5) is 30.6. The Morgan fingerprint density at radius 3 is 2.55 bits per heavy atom. The van der Waals surface area contributed by atoms with E-state index in [0.717, 1.165) is 20.7 Å². The number of carbonyl (C=O) groups is 2. The molecule has 1 heterocycles. The molecule has 4 aromatic rings. The first-order valence-corrected chi connectivity index (χ1v) is 11.5. The van der Waals surface area contributed by atoms with Gasteiger partial charge in [-0.2, -0.15) is 0 Å². The number of benzene rings is 3. The number of aryl methyl sites for hydroxylation is 1. The molecule has 2 amide bonds. The quantitative estimate of drug-likeness (QED) is 0.357. The number of amides is 2. The zero-order valence-electron chi connectivity index (χ0n) is 17.1. The number of fused-ring (bicyclic) bond motifs is 1. The second-order valence-electron chi connectivity index (χ2n) is 7.03. The topological polar surface area (TPSA) is 71.1 Å². The van der Waals surface area contributed by atoms with Gasteiger partial charge in [0.05, 0.1) is 15.5 Å². The van der Waals surface area contributed by atoms with Crippen LogP contribution in [-0.2, 0) is 4.79 Å². The fourth-order valence-corrected chi connectivity index (χ4v) is 4.86. The Kier molecular flexibility index (Phi) is 6.34. The number of thiazole rings is 1. The number of para-hydroxylation sites is 1. The summed E-state index contributed by atoms with van der Waals surface area (Å²) in [5.74, 6) is -0.264. The first kappa shape index (κ1) is 21.1.